The average molecular weight is 328 g/mol. The zero-order chi connectivity index (χ0) is 16.2. The number of amides is 1. The van der Waals surface area contributed by atoms with Crippen LogP contribution in [-0.2, 0) is 11.3 Å². The third kappa shape index (κ3) is 3.59. The van der Waals surface area contributed by atoms with Gasteiger partial charge in [-0.2, -0.15) is 11.3 Å². The number of nitrogens with one attached hydrogen (secondary N) is 1. The summed E-state index contributed by atoms with van der Waals surface area (Å²) in [6.45, 7) is 4.21. The Bertz CT molecular complexity index is 796. The molecule has 3 heterocycles. The lowest BCUT2D eigenvalue weighted by Gasteiger charge is -2.09. The Morgan fingerprint density at radius 3 is 3.00 bits per heavy atom. The molecule has 23 heavy (non-hydrogen) atoms. The van der Waals surface area contributed by atoms with Crippen molar-refractivity contribution in [3.05, 3.63) is 40.8 Å². The van der Waals surface area contributed by atoms with Gasteiger partial charge in [0, 0.05) is 17.1 Å². The lowest BCUT2D eigenvalue weighted by atomic mass is 10.1. The van der Waals surface area contributed by atoms with E-state index in [0.29, 0.717) is 17.4 Å². The molecule has 8 heteroatoms. The van der Waals surface area contributed by atoms with Gasteiger partial charge in [0.05, 0.1) is 11.9 Å². The molecule has 3 rings (SSSR count). The van der Waals surface area contributed by atoms with E-state index in [2.05, 4.69) is 39.7 Å². The van der Waals surface area contributed by atoms with Crippen LogP contribution in [-0.4, -0.2) is 31.1 Å². The second kappa shape index (κ2) is 6.66. The van der Waals surface area contributed by atoms with E-state index in [1.54, 1.807) is 23.7 Å². The Labute approximate surface area is 137 Å². The Balaban J connectivity index is 1.71. The Kier molecular flexibility index (Phi) is 4.42. The van der Waals surface area contributed by atoms with E-state index in [1.807, 2.05) is 22.9 Å². The van der Waals surface area contributed by atoms with E-state index in [1.165, 1.54) is 4.68 Å². The lowest BCUT2D eigenvalue weighted by Crippen LogP contribution is -2.20. The van der Waals surface area contributed by atoms with Gasteiger partial charge < -0.3 is 5.32 Å². The first-order valence-corrected chi connectivity index (χ1v) is 8.11. The molecule has 0 radical (unpaired) electrons. The highest BCUT2D eigenvalue weighted by molar-refractivity contribution is 7.08. The molecule has 3 aromatic heterocycles. The topological polar surface area (TPSA) is 85.6 Å². The van der Waals surface area contributed by atoms with Gasteiger partial charge in [-0.1, -0.05) is 13.8 Å². The highest BCUT2D eigenvalue weighted by atomic mass is 32.1. The van der Waals surface area contributed by atoms with Crippen molar-refractivity contribution in [3.63, 3.8) is 0 Å². The van der Waals surface area contributed by atoms with Crippen LogP contribution in [0.15, 0.2) is 35.3 Å². The quantitative estimate of drug-likeness (QED) is 0.778. The van der Waals surface area contributed by atoms with Gasteiger partial charge in [-0.15, -0.1) is 5.10 Å². The maximum Gasteiger partial charge on any atom is 0.246 e. The Morgan fingerprint density at radius 2 is 2.26 bits per heavy atom. The van der Waals surface area contributed by atoms with Crippen molar-refractivity contribution in [2.75, 3.05) is 5.32 Å². The number of carbonyl (C=O) groups is 1. The van der Waals surface area contributed by atoms with Crippen molar-refractivity contribution >= 4 is 22.9 Å². The molecule has 0 aliphatic carbocycles. The van der Waals surface area contributed by atoms with E-state index in [9.17, 15) is 4.79 Å². The van der Waals surface area contributed by atoms with Gasteiger partial charge in [-0.05, 0) is 39.4 Å². The number of anilines is 1. The van der Waals surface area contributed by atoms with Gasteiger partial charge in [0.25, 0.3) is 0 Å². The fraction of sp³-hybridized carbons (Fsp3) is 0.267. The molecule has 3 aromatic rings. The number of hydrogen-bond acceptors (Lipinski definition) is 6. The summed E-state index contributed by atoms with van der Waals surface area (Å²) in [6, 6.07) is 3.84. The minimum Gasteiger partial charge on any atom is -0.323 e. The maximum absolute atomic E-state index is 12.2. The molecule has 7 nitrogen and oxygen atoms in total. The van der Waals surface area contributed by atoms with E-state index in [4.69, 9.17) is 0 Å². The largest absolute Gasteiger partial charge is 0.323 e. The van der Waals surface area contributed by atoms with Crippen LogP contribution in [0.3, 0.4) is 0 Å². The van der Waals surface area contributed by atoms with Crippen molar-refractivity contribution in [2.24, 2.45) is 0 Å². The standard InChI is InChI=1S/C15H16N6OS/c1-10(2)12-5-13(7-16-6-12)17-14(22)8-21-15(18-19-20-21)11-3-4-23-9-11/h3-7,9-10H,8H2,1-2H3,(H,17,22). The number of rotatable bonds is 5. The molecule has 1 N–H and O–H groups in total. The normalized spacial score (nSPS) is 10.9. The molecular formula is C15H16N6OS. The zero-order valence-corrected chi connectivity index (χ0v) is 13.6. The predicted octanol–water partition coefficient (Wildman–Crippen LogP) is 2.56. The van der Waals surface area contributed by atoms with Gasteiger partial charge in [0.15, 0.2) is 5.82 Å². The smallest absolute Gasteiger partial charge is 0.246 e. The number of nitrogens with zero attached hydrogens (tertiary/aromatic N) is 5. The van der Waals surface area contributed by atoms with E-state index >= 15 is 0 Å². The van der Waals surface area contributed by atoms with Crippen molar-refractivity contribution in [1.82, 2.24) is 25.2 Å². The zero-order valence-electron chi connectivity index (χ0n) is 12.8. The molecule has 0 aromatic carbocycles. The number of tetrazole rings is 1. The third-order valence-electron chi connectivity index (χ3n) is 3.31. The van der Waals surface area contributed by atoms with E-state index in [0.717, 1.165) is 11.1 Å². The molecule has 0 spiro atoms. The third-order valence-corrected chi connectivity index (χ3v) is 4.00. The Hall–Kier alpha value is -2.61. The van der Waals surface area contributed by atoms with Gasteiger partial charge >= 0.3 is 0 Å². The summed E-state index contributed by atoms with van der Waals surface area (Å²) in [5.74, 6) is 0.732. The first-order chi connectivity index (χ1) is 11.1. The second-order valence-electron chi connectivity index (χ2n) is 5.38. The number of hydrogen-bond donors (Lipinski definition) is 1. The van der Waals surface area contributed by atoms with Crippen molar-refractivity contribution < 1.29 is 4.79 Å². The van der Waals surface area contributed by atoms with Crippen LogP contribution < -0.4 is 5.32 Å². The number of thiophene rings is 1. The molecule has 0 aliphatic rings. The number of aromatic nitrogens is 5. The molecule has 0 fully saturated rings. The molecule has 0 aliphatic heterocycles. The summed E-state index contributed by atoms with van der Waals surface area (Å²) in [7, 11) is 0. The summed E-state index contributed by atoms with van der Waals surface area (Å²) in [4.78, 5) is 16.4. The minimum atomic E-state index is -0.198. The molecular weight excluding hydrogens is 312 g/mol. The first-order valence-electron chi connectivity index (χ1n) is 7.17. The van der Waals surface area contributed by atoms with Crippen LogP contribution in [0.25, 0.3) is 11.4 Å². The van der Waals surface area contributed by atoms with Gasteiger partial charge in [0.2, 0.25) is 5.91 Å². The summed E-state index contributed by atoms with van der Waals surface area (Å²) in [5, 5.41) is 18.2. The molecule has 1 amide bonds. The Morgan fingerprint density at radius 1 is 1.39 bits per heavy atom. The van der Waals surface area contributed by atoms with Crippen molar-refractivity contribution in [1.29, 1.82) is 0 Å². The van der Waals surface area contributed by atoms with Crippen LogP contribution >= 0.6 is 11.3 Å². The average Bonchev–Trinajstić information content (AvgIpc) is 3.18. The lowest BCUT2D eigenvalue weighted by molar-refractivity contribution is -0.116. The SMILES string of the molecule is CC(C)c1cncc(NC(=O)Cn2nnnc2-c2ccsc2)c1. The van der Waals surface area contributed by atoms with Gasteiger partial charge in [0.1, 0.15) is 6.54 Å². The fourth-order valence-corrected chi connectivity index (χ4v) is 2.72. The summed E-state index contributed by atoms with van der Waals surface area (Å²) in [6.07, 6.45) is 3.43. The van der Waals surface area contributed by atoms with E-state index in [-0.39, 0.29) is 12.5 Å². The fourth-order valence-electron chi connectivity index (χ4n) is 2.09. The van der Waals surface area contributed by atoms with Crippen molar-refractivity contribution in [2.45, 2.75) is 26.3 Å². The number of carbonyl (C=O) groups excluding carboxylic acids is 1. The van der Waals surface area contributed by atoms with Crippen LogP contribution in [0.1, 0.15) is 25.3 Å². The van der Waals surface area contributed by atoms with Crippen LogP contribution in [0.5, 0.6) is 0 Å². The molecule has 0 saturated carbocycles. The van der Waals surface area contributed by atoms with Crippen LogP contribution in [0.4, 0.5) is 5.69 Å². The molecule has 0 atom stereocenters. The molecule has 0 saturated heterocycles. The van der Waals surface area contributed by atoms with E-state index < -0.39 is 0 Å². The van der Waals surface area contributed by atoms with Gasteiger partial charge in [-0.3, -0.25) is 9.78 Å². The monoisotopic (exact) mass is 328 g/mol. The molecule has 0 unspecified atom stereocenters. The number of pyridine rings is 1. The predicted molar refractivity (Wildman–Crippen MR) is 88.1 cm³/mol. The second-order valence-corrected chi connectivity index (χ2v) is 6.16. The van der Waals surface area contributed by atoms with Crippen LogP contribution in [0, 0.1) is 0 Å². The highest BCUT2D eigenvalue weighted by Crippen LogP contribution is 2.19. The summed E-state index contributed by atoms with van der Waals surface area (Å²) >= 11 is 1.55. The highest BCUT2D eigenvalue weighted by Gasteiger charge is 2.13. The first kappa shape index (κ1) is 15.3. The summed E-state index contributed by atoms with van der Waals surface area (Å²) < 4.78 is 1.48. The molecule has 0 bridgehead atoms. The van der Waals surface area contributed by atoms with Crippen LogP contribution in [0.2, 0.25) is 0 Å². The van der Waals surface area contributed by atoms with Crippen molar-refractivity contribution in [3.8, 4) is 11.4 Å². The minimum absolute atomic E-state index is 0.0457. The molecule has 118 valence electrons. The maximum atomic E-state index is 12.2. The summed E-state index contributed by atoms with van der Waals surface area (Å²) in [5.41, 5.74) is 2.65. The van der Waals surface area contributed by atoms with Gasteiger partial charge in [-0.25, -0.2) is 4.68 Å².